The van der Waals surface area contributed by atoms with Gasteiger partial charge in [-0.1, -0.05) is 18.2 Å². The summed E-state index contributed by atoms with van der Waals surface area (Å²) in [4.78, 5) is 30.4. The molecule has 124 valence electrons. The number of fused-ring (bicyclic) bond motifs is 1. The molecule has 0 radical (unpaired) electrons. The van der Waals surface area contributed by atoms with E-state index in [9.17, 15) is 9.59 Å². The van der Waals surface area contributed by atoms with E-state index in [0.29, 0.717) is 19.6 Å². The topological polar surface area (TPSA) is 55.9 Å². The lowest BCUT2D eigenvalue weighted by atomic mass is 10.1. The molecule has 0 unspecified atom stereocenters. The number of rotatable bonds is 2. The number of likely N-dealkylation sites (N-methyl/N-ethyl adjacent to an activating group) is 1. The van der Waals surface area contributed by atoms with Crippen LogP contribution in [0.4, 0.5) is 5.69 Å². The fourth-order valence-electron chi connectivity index (χ4n) is 3.35. The fourth-order valence-corrected chi connectivity index (χ4v) is 3.35. The van der Waals surface area contributed by atoms with Crippen LogP contribution in [0.15, 0.2) is 24.3 Å². The van der Waals surface area contributed by atoms with Gasteiger partial charge >= 0.3 is 0 Å². The van der Waals surface area contributed by atoms with Crippen molar-refractivity contribution in [3.05, 3.63) is 29.8 Å². The first kappa shape index (κ1) is 15.8. The minimum Gasteiger partial charge on any atom is -0.372 e. The Hall–Kier alpha value is -2.08. The normalized spacial score (nSPS) is 21.9. The predicted octanol–water partition coefficient (Wildman–Crippen LogP) is 0.285. The van der Waals surface area contributed by atoms with E-state index >= 15 is 0 Å². The van der Waals surface area contributed by atoms with Gasteiger partial charge in [-0.05, 0) is 18.6 Å². The fraction of sp³-hybridized carbons (Fsp3) is 0.529. The van der Waals surface area contributed by atoms with Gasteiger partial charge in [0, 0.05) is 45.0 Å². The predicted molar refractivity (Wildman–Crippen MR) is 89.2 cm³/mol. The van der Waals surface area contributed by atoms with Gasteiger partial charge in [0.1, 0.15) is 0 Å². The summed E-state index contributed by atoms with van der Waals surface area (Å²) in [6.07, 6.45) is 0. The number of amides is 2. The number of anilines is 1. The summed E-state index contributed by atoms with van der Waals surface area (Å²) in [6.45, 7) is 5.31. The monoisotopic (exact) mass is 316 g/mol. The van der Waals surface area contributed by atoms with Crippen LogP contribution in [0.25, 0.3) is 0 Å². The van der Waals surface area contributed by atoms with E-state index < -0.39 is 0 Å². The molecule has 6 nitrogen and oxygen atoms in total. The molecule has 1 atom stereocenters. The molecule has 0 aromatic heterocycles. The molecule has 2 aliphatic rings. The van der Waals surface area contributed by atoms with Crippen LogP contribution in [0.2, 0.25) is 0 Å². The molecule has 0 spiro atoms. The Morgan fingerprint density at radius 2 is 2.13 bits per heavy atom. The molecular weight excluding hydrogens is 292 g/mol. The van der Waals surface area contributed by atoms with Gasteiger partial charge in [-0.2, -0.15) is 0 Å². The lowest BCUT2D eigenvalue weighted by molar-refractivity contribution is -0.142. The molecule has 6 heteroatoms. The third-order valence-electron chi connectivity index (χ3n) is 4.65. The van der Waals surface area contributed by atoms with Crippen LogP contribution in [0.3, 0.4) is 0 Å². The number of piperazine rings is 1. The van der Waals surface area contributed by atoms with Crippen molar-refractivity contribution in [2.45, 2.75) is 19.5 Å². The molecule has 2 amide bonds. The van der Waals surface area contributed by atoms with Gasteiger partial charge in [0.25, 0.3) is 0 Å². The second-order valence-electron chi connectivity index (χ2n) is 6.37. The van der Waals surface area contributed by atoms with Crippen LogP contribution in [-0.4, -0.2) is 67.4 Å². The number of para-hydroxylation sites is 1. The van der Waals surface area contributed by atoms with E-state index in [-0.39, 0.29) is 24.4 Å². The summed E-state index contributed by atoms with van der Waals surface area (Å²) in [7, 11) is 2.06. The average Bonchev–Trinajstić information content (AvgIpc) is 2.66. The van der Waals surface area contributed by atoms with E-state index in [0.717, 1.165) is 18.7 Å². The highest BCUT2D eigenvalue weighted by atomic mass is 16.2. The zero-order chi connectivity index (χ0) is 16.4. The van der Waals surface area contributed by atoms with Gasteiger partial charge in [-0.3, -0.25) is 9.59 Å². The quantitative estimate of drug-likeness (QED) is 0.852. The maximum atomic E-state index is 12.8. The molecule has 2 heterocycles. The molecule has 1 aromatic rings. The van der Waals surface area contributed by atoms with Crippen molar-refractivity contribution in [1.29, 1.82) is 0 Å². The molecule has 1 N–H and O–H groups in total. The Bertz CT molecular complexity index is 604. The number of hydrogen-bond acceptors (Lipinski definition) is 4. The van der Waals surface area contributed by atoms with Crippen molar-refractivity contribution < 1.29 is 9.59 Å². The Kier molecular flexibility index (Phi) is 4.52. The van der Waals surface area contributed by atoms with Gasteiger partial charge in [-0.15, -0.1) is 0 Å². The molecule has 2 aliphatic heterocycles. The SMILES string of the molecule is C[C@H]1CN(C)c2ccccc2CN1C(=O)CN1CCNCC1=O. The van der Waals surface area contributed by atoms with Crippen molar-refractivity contribution in [2.75, 3.05) is 44.7 Å². The zero-order valence-electron chi connectivity index (χ0n) is 13.8. The van der Waals surface area contributed by atoms with Crippen molar-refractivity contribution in [2.24, 2.45) is 0 Å². The molecule has 1 fully saturated rings. The highest BCUT2D eigenvalue weighted by Crippen LogP contribution is 2.26. The van der Waals surface area contributed by atoms with Crippen LogP contribution in [0.5, 0.6) is 0 Å². The van der Waals surface area contributed by atoms with E-state index in [2.05, 4.69) is 36.3 Å². The third kappa shape index (κ3) is 3.32. The third-order valence-corrected chi connectivity index (χ3v) is 4.65. The standard InChI is InChI=1S/C17H24N4O2/c1-13-10-19(2)15-6-4-3-5-14(15)11-21(13)17(23)12-20-8-7-18-9-16(20)22/h3-6,13,18H,7-12H2,1-2H3/t13-/m0/s1. The van der Waals surface area contributed by atoms with Gasteiger partial charge in [0.2, 0.25) is 11.8 Å². The summed E-state index contributed by atoms with van der Waals surface area (Å²) < 4.78 is 0. The van der Waals surface area contributed by atoms with Crippen LogP contribution >= 0.6 is 0 Å². The summed E-state index contributed by atoms with van der Waals surface area (Å²) in [5, 5.41) is 3.03. The Morgan fingerprint density at radius 3 is 2.91 bits per heavy atom. The second kappa shape index (κ2) is 6.58. The first-order valence-corrected chi connectivity index (χ1v) is 8.13. The second-order valence-corrected chi connectivity index (χ2v) is 6.37. The van der Waals surface area contributed by atoms with Crippen molar-refractivity contribution >= 4 is 17.5 Å². The molecule has 23 heavy (non-hydrogen) atoms. The molecule has 3 rings (SSSR count). The summed E-state index contributed by atoms with van der Waals surface area (Å²) >= 11 is 0. The lowest BCUT2D eigenvalue weighted by Gasteiger charge is -2.32. The molecule has 1 aromatic carbocycles. The molecule has 1 saturated heterocycles. The van der Waals surface area contributed by atoms with E-state index in [1.807, 2.05) is 17.0 Å². The lowest BCUT2D eigenvalue weighted by Crippen LogP contribution is -2.53. The summed E-state index contributed by atoms with van der Waals surface area (Å²) in [5.74, 6) is 0.0300. The van der Waals surface area contributed by atoms with Crippen LogP contribution < -0.4 is 10.2 Å². The van der Waals surface area contributed by atoms with Crippen molar-refractivity contribution in [3.8, 4) is 0 Å². The first-order chi connectivity index (χ1) is 11.1. The largest absolute Gasteiger partial charge is 0.372 e. The van der Waals surface area contributed by atoms with Crippen molar-refractivity contribution in [3.63, 3.8) is 0 Å². The van der Waals surface area contributed by atoms with Gasteiger partial charge < -0.3 is 20.0 Å². The Labute approximate surface area is 137 Å². The number of nitrogens with zero attached hydrogens (tertiary/aromatic N) is 3. The number of carbonyl (C=O) groups excluding carboxylic acids is 2. The average molecular weight is 316 g/mol. The molecule has 0 saturated carbocycles. The van der Waals surface area contributed by atoms with Gasteiger partial charge in [0.05, 0.1) is 13.1 Å². The summed E-state index contributed by atoms with van der Waals surface area (Å²) in [6, 6.07) is 8.30. The minimum atomic E-state index is 0.00425. The molecular formula is C17H24N4O2. The maximum absolute atomic E-state index is 12.8. The number of carbonyl (C=O) groups is 2. The Morgan fingerprint density at radius 1 is 1.35 bits per heavy atom. The van der Waals surface area contributed by atoms with Crippen LogP contribution in [-0.2, 0) is 16.1 Å². The number of nitrogens with one attached hydrogen (secondary N) is 1. The smallest absolute Gasteiger partial charge is 0.242 e. The van der Waals surface area contributed by atoms with Crippen LogP contribution in [0, 0.1) is 0 Å². The summed E-state index contributed by atoms with van der Waals surface area (Å²) in [5.41, 5.74) is 2.33. The highest BCUT2D eigenvalue weighted by Gasteiger charge is 2.29. The maximum Gasteiger partial charge on any atom is 0.242 e. The number of benzene rings is 1. The Balaban J connectivity index is 1.76. The number of hydrogen-bond donors (Lipinski definition) is 1. The minimum absolute atomic E-state index is 0.00425. The van der Waals surface area contributed by atoms with Gasteiger partial charge in [-0.25, -0.2) is 0 Å². The molecule has 0 bridgehead atoms. The first-order valence-electron chi connectivity index (χ1n) is 8.13. The van der Waals surface area contributed by atoms with Gasteiger partial charge in [0.15, 0.2) is 0 Å². The van der Waals surface area contributed by atoms with E-state index in [4.69, 9.17) is 0 Å². The zero-order valence-corrected chi connectivity index (χ0v) is 13.8. The van der Waals surface area contributed by atoms with Crippen LogP contribution in [0.1, 0.15) is 12.5 Å². The van der Waals surface area contributed by atoms with E-state index in [1.54, 1.807) is 4.90 Å². The van der Waals surface area contributed by atoms with Crippen molar-refractivity contribution in [1.82, 2.24) is 15.1 Å². The highest BCUT2D eigenvalue weighted by molar-refractivity contribution is 5.86. The van der Waals surface area contributed by atoms with E-state index in [1.165, 1.54) is 5.69 Å². The molecule has 0 aliphatic carbocycles.